The molecule has 1 N–H and O–H groups in total. The van der Waals surface area contributed by atoms with Crippen LogP contribution < -0.4 is 5.32 Å². The number of benzene rings is 1. The summed E-state index contributed by atoms with van der Waals surface area (Å²) in [5.41, 5.74) is 2.07. The molecule has 3 nitrogen and oxygen atoms in total. The van der Waals surface area contributed by atoms with Crippen molar-refractivity contribution in [2.45, 2.75) is 13.5 Å². The summed E-state index contributed by atoms with van der Waals surface area (Å²) in [7, 11) is 0. The molecular formula is C15H13ClN2OS. The summed E-state index contributed by atoms with van der Waals surface area (Å²) in [6.07, 6.45) is 1.67. The lowest BCUT2D eigenvalue weighted by atomic mass is 10.1. The van der Waals surface area contributed by atoms with E-state index in [1.54, 1.807) is 17.6 Å². The normalized spacial score (nSPS) is 10.7. The van der Waals surface area contributed by atoms with Crippen molar-refractivity contribution < 1.29 is 4.42 Å². The van der Waals surface area contributed by atoms with Gasteiger partial charge in [0.15, 0.2) is 5.13 Å². The van der Waals surface area contributed by atoms with Gasteiger partial charge in [-0.05, 0) is 31.2 Å². The van der Waals surface area contributed by atoms with E-state index in [2.05, 4.69) is 17.2 Å². The lowest BCUT2D eigenvalue weighted by Gasteiger charge is -1.99. The van der Waals surface area contributed by atoms with E-state index in [0.717, 1.165) is 27.2 Å². The van der Waals surface area contributed by atoms with Gasteiger partial charge in [0.1, 0.15) is 5.76 Å². The number of aromatic nitrogens is 1. The highest BCUT2D eigenvalue weighted by atomic mass is 35.5. The molecule has 0 unspecified atom stereocenters. The van der Waals surface area contributed by atoms with Gasteiger partial charge in [-0.25, -0.2) is 4.98 Å². The molecule has 0 spiro atoms. The van der Waals surface area contributed by atoms with Crippen LogP contribution in [0.2, 0.25) is 5.02 Å². The highest BCUT2D eigenvalue weighted by Crippen LogP contribution is 2.31. The molecule has 0 aliphatic carbocycles. The summed E-state index contributed by atoms with van der Waals surface area (Å²) in [5, 5.41) is 4.90. The highest BCUT2D eigenvalue weighted by Gasteiger charge is 2.10. The average Bonchev–Trinajstić information content (AvgIpc) is 3.07. The average molecular weight is 305 g/mol. The lowest BCUT2D eigenvalue weighted by molar-refractivity contribution is 0.518. The number of anilines is 1. The molecule has 0 aliphatic rings. The Bertz CT molecular complexity index is 689. The zero-order valence-corrected chi connectivity index (χ0v) is 12.5. The molecule has 0 aliphatic heterocycles. The molecule has 5 heteroatoms. The quantitative estimate of drug-likeness (QED) is 0.739. The van der Waals surface area contributed by atoms with Crippen LogP contribution in [-0.2, 0) is 6.54 Å². The molecular weight excluding hydrogens is 292 g/mol. The first-order valence-electron chi connectivity index (χ1n) is 6.22. The van der Waals surface area contributed by atoms with Crippen molar-refractivity contribution in [3.63, 3.8) is 0 Å². The van der Waals surface area contributed by atoms with Crippen LogP contribution in [-0.4, -0.2) is 4.98 Å². The van der Waals surface area contributed by atoms with Crippen LogP contribution in [0.5, 0.6) is 0 Å². The Balaban J connectivity index is 1.78. The Kier molecular flexibility index (Phi) is 3.76. The van der Waals surface area contributed by atoms with Crippen molar-refractivity contribution in [2.75, 3.05) is 5.32 Å². The van der Waals surface area contributed by atoms with E-state index in [0.29, 0.717) is 6.54 Å². The Morgan fingerprint density at radius 3 is 2.75 bits per heavy atom. The SMILES string of the molecule is Cc1sc(NCc2ccco2)nc1-c1ccc(Cl)cc1. The minimum Gasteiger partial charge on any atom is -0.467 e. The smallest absolute Gasteiger partial charge is 0.183 e. The Morgan fingerprint density at radius 1 is 1.25 bits per heavy atom. The second kappa shape index (κ2) is 5.69. The van der Waals surface area contributed by atoms with Gasteiger partial charge in [0.05, 0.1) is 18.5 Å². The highest BCUT2D eigenvalue weighted by molar-refractivity contribution is 7.15. The maximum Gasteiger partial charge on any atom is 0.183 e. The van der Waals surface area contributed by atoms with Crippen molar-refractivity contribution in [3.05, 3.63) is 58.3 Å². The summed E-state index contributed by atoms with van der Waals surface area (Å²) >= 11 is 7.55. The third kappa shape index (κ3) is 2.86. The summed E-state index contributed by atoms with van der Waals surface area (Å²) in [5.74, 6) is 0.894. The molecule has 3 rings (SSSR count). The standard InChI is InChI=1S/C15H13ClN2OS/c1-10-14(11-4-6-12(16)7-5-11)18-15(20-10)17-9-13-3-2-8-19-13/h2-8H,9H2,1H3,(H,17,18). The third-order valence-electron chi connectivity index (χ3n) is 2.91. The van der Waals surface area contributed by atoms with Crippen LogP contribution in [0.25, 0.3) is 11.3 Å². The molecule has 0 saturated heterocycles. The Labute approximate surface area is 126 Å². The zero-order valence-electron chi connectivity index (χ0n) is 10.9. The second-order valence-electron chi connectivity index (χ2n) is 4.36. The van der Waals surface area contributed by atoms with E-state index < -0.39 is 0 Å². The minimum absolute atomic E-state index is 0.639. The summed E-state index contributed by atoms with van der Waals surface area (Å²) in [6.45, 7) is 2.71. The van der Waals surface area contributed by atoms with Gasteiger partial charge in [-0.2, -0.15) is 0 Å². The number of halogens is 1. The van der Waals surface area contributed by atoms with E-state index in [4.69, 9.17) is 16.0 Å². The van der Waals surface area contributed by atoms with E-state index in [1.807, 2.05) is 36.4 Å². The molecule has 0 amide bonds. The molecule has 0 saturated carbocycles. The van der Waals surface area contributed by atoms with Crippen LogP contribution in [0.1, 0.15) is 10.6 Å². The number of nitrogens with one attached hydrogen (secondary N) is 1. The molecule has 0 bridgehead atoms. The topological polar surface area (TPSA) is 38.1 Å². The fourth-order valence-electron chi connectivity index (χ4n) is 1.92. The van der Waals surface area contributed by atoms with Crippen molar-refractivity contribution >= 4 is 28.1 Å². The number of hydrogen-bond acceptors (Lipinski definition) is 4. The number of aryl methyl sites for hydroxylation is 1. The predicted octanol–water partition coefficient (Wildman–Crippen LogP) is 4.98. The number of nitrogens with zero attached hydrogens (tertiary/aromatic N) is 1. The van der Waals surface area contributed by atoms with Crippen LogP contribution in [0.4, 0.5) is 5.13 Å². The molecule has 0 radical (unpaired) electrons. The first-order valence-corrected chi connectivity index (χ1v) is 7.41. The molecule has 3 aromatic rings. The Hall–Kier alpha value is -1.78. The van der Waals surface area contributed by atoms with Gasteiger partial charge in [-0.15, -0.1) is 11.3 Å². The van der Waals surface area contributed by atoms with Gasteiger partial charge in [-0.3, -0.25) is 0 Å². The maximum atomic E-state index is 5.91. The number of thiazole rings is 1. The van der Waals surface area contributed by atoms with Gasteiger partial charge in [-0.1, -0.05) is 23.7 Å². The molecule has 20 heavy (non-hydrogen) atoms. The second-order valence-corrected chi connectivity index (χ2v) is 6.00. The first-order chi connectivity index (χ1) is 9.72. The zero-order chi connectivity index (χ0) is 13.9. The monoisotopic (exact) mass is 304 g/mol. The maximum absolute atomic E-state index is 5.91. The van der Waals surface area contributed by atoms with Gasteiger partial charge in [0, 0.05) is 15.5 Å². The largest absolute Gasteiger partial charge is 0.467 e. The molecule has 0 fully saturated rings. The Morgan fingerprint density at radius 2 is 2.05 bits per heavy atom. The van der Waals surface area contributed by atoms with Gasteiger partial charge >= 0.3 is 0 Å². The van der Waals surface area contributed by atoms with E-state index in [9.17, 15) is 0 Å². The number of rotatable bonds is 4. The van der Waals surface area contributed by atoms with Crippen molar-refractivity contribution in [2.24, 2.45) is 0 Å². The number of furan rings is 1. The van der Waals surface area contributed by atoms with Crippen LogP contribution in [0, 0.1) is 6.92 Å². The van der Waals surface area contributed by atoms with Crippen molar-refractivity contribution in [1.82, 2.24) is 4.98 Å². The van der Waals surface area contributed by atoms with E-state index >= 15 is 0 Å². The van der Waals surface area contributed by atoms with Crippen LogP contribution in [0.3, 0.4) is 0 Å². The predicted molar refractivity (Wildman–Crippen MR) is 83.3 cm³/mol. The van der Waals surface area contributed by atoms with E-state index in [1.165, 1.54) is 4.88 Å². The first kappa shape index (κ1) is 13.2. The molecule has 2 aromatic heterocycles. The van der Waals surface area contributed by atoms with Gasteiger partial charge < -0.3 is 9.73 Å². The molecule has 2 heterocycles. The van der Waals surface area contributed by atoms with Crippen molar-refractivity contribution in [1.29, 1.82) is 0 Å². The van der Waals surface area contributed by atoms with Crippen LogP contribution >= 0.6 is 22.9 Å². The third-order valence-corrected chi connectivity index (χ3v) is 4.09. The van der Waals surface area contributed by atoms with E-state index in [-0.39, 0.29) is 0 Å². The summed E-state index contributed by atoms with van der Waals surface area (Å²) in [6, 6.07) is 11.6. The number of hydrogen-bond donors (Lipinski definition) is 1. The summed E-state index contributed by atoms with van der Waals surface area (Å²) in [4.78, 5) is 5.81. The van der Waals surface area contributed by atoms with Crippen molar-refractivity contribution in [3.8, 4) is 11.3 Å². The molecule has 1 aromatic carbocycles. The molecule has 102 valence electrons. The lowest BCUT2D eigenvalue weighted by Crippen LogP contribution is -1.97. The fraction of sp³-hybridized carbons (Fsp3) is 0.133. The molecule has 0 atom stereocenters. The fourth-order valence-corrected chi connectivity index (χ4v) is 2.88. The summed E-state index contributed by atoms with van der Waals surface area (Å²) < 4.78 is 5.29. The minimum atomic E-state index is 0.639. The van der Waals surface area contributed by atoms with Gasteiger partial charge in [0.2, 0.25) is 0 Å². The van der Waals surface area contributed by atoms with Crippen LogP contribution in [0.15, 0.2) is 47.1 Å². The van der Waals surface area contributed by atoms with Gasteiger partial charge in [0.25, 0.3) is 0 Å².